The van der Waals surface area contributed by atoms with Crippen LogP contribution >= 0.6 is 0 Å². The number of anilines is 2. The average molecular weight is 323 g/mol. The maximum Gasteiger partial charge on any atom is 0.269 e. The number of nitrogens with one attached hydrogen (secondary N) is 1. The lowest BCUT2D eigenvalue weighted by Crippen LogP contribution is -2.27. The van der Waals surface area contributed by atoms with Crippen LogP contribution in [-0.4, -0.2) is 24.0 Å². The largest absolute Gasteiger partial charge is 0.351 e. The fraction of sp³-hybridized carbons (Fsp3) is 0.400. The molecule has 24 heavy (non-hydrogen) atoms. The molecule has 0 radical (unpaired) electrons. The number of fused-ring (bicyclic) bond motifs is 1. The molecule has 1 aromatic heterocycles. The zero-order chi connectivity index (χ0) is 16.9. The first-order valence-electron chi connectivity index (χ1n) is 8.75. The first kappa shape index (κ1) is 16.5. The average Bonchev–Trinajstić information content (AvgIpc) is 2.61. The van der Waals surface area contributed by atoms with Crippen LogP contribution in [0.1, 0.15) is 42.7 Å². The van der Waals surface area contributed by atoms with Crippen molar-refractivity contribution < 1.29 is 4.79 Å². The Labute approximate surface area is 143 Å². The monoisotopic (exact) mass is 323 g/mol. The SMILES string of the molecule is CC(C)CCNC(=O)c1ccc(N2CCCc3ccccc32)cn1. The molecule has 1 amide bonds. The number of aryl methyl sites for hydroxylation is 1. The molecule has 4 nitrogen and oxygen atoms in total. The van der Waals surface area contributed by atoms with E-state index in [9.17, 15) is 4.79 Å². The summed E-state index contributed by atoms with van der Waals surface area (Å²) in [5.41, 5.74) is 4.15. The Morgan fingerprint density at radius 3 is 2.83 bits per heavy atom. The van der Waals surface area contributed by atoms with Crippen molar-refractivity contribution in [3.63, 3.8) is 0 Å². The molecule has 2 heterocycles. The minimum absolute atomic E-state index is 0.0961. The number of para-hydroxylation sites is 1. The highest BCUT2D eigenvalue weighted by Crippen LogP contribution is 2.32. The number of benzene rings is 1. The molecule has 0 atom stereocenters. The van der Waals surface area contributed by atoms with Gasteiger partial charge in [0.25, 0.3) is 5.91 Å². The number of aromatic nitrogens is 1. The van der Waals surface area contributed by atoms with Crippen LogP contribution in [0.2, 0.25) is 0 Å². The summed E-state index contributed by atoms with van der Waals surface area (Å²) in [6.07, 6.45) is 5.04. The molecule has 126 valence electrons. The van der Waals surface area contributed by atoms with Gasteiger partial charge in [0, 0.05) is 18.8 Å². The van der Waals surface area contributed by atoms with Crippen LogP contribution in [0.4, 0.5) is 11.4 Å². The smallest absolute Gasteiger partial charge is 0.269 e. The summed E-state index contributed by atoms with van der Waals surface area (Å²) in [4.78, 5) is 18.8. The summed E-state index contributed by atoms with van der Waals surface area (Å²) in [7, 11) is 0. The number of amides is 1. The Morgan fingerprint density at radius 1 is 1.25 bits per heavy atom. The second-order valence-electron chi connectivity index (χ2n) is 6.72. The maximum atomic E-state index is 12.1. The van der Waals surface area contributed by atoms with Gasteiger partial charge < -0.3 is 10.2 Å². The molecule has 0 aliphatic carbocycles. The molecule has 0 fully saturated rings. The van der Waals surface area contributed by atoms with E-state index < -0.39 is 0 Å². The standard InChI is InChI=1S/C20H25N3O/c1-15(2)11-12-21-20(24)18-10-9-17(14-22-18)23-13-5-7-16-6-3-4-8-19(16)23/h3-4,6,8-10,14-15H,5,7,11-13H2,1-2H3,(H,21,24). The molecule has 0 saturated heterocycles. The minimum atomic E-state index is -0.0961. The van der Waals surface area contributed by atoms with Crippen LogP contribution in [0.25, 0.3) is 0 Å². The summed E-state index contributed by atoms with van der Waals surface area (Å²) in [5, 5.41) is 2.93. The minimum Gasteiger partial charge on any atom is -0.351 e. The number of pyridine rings is 1. The summed E-state index contributed by atoms with van der Waals surface area (Å²) < 4.78 is 0. The van der Waals surface area contributed by atoms with E-state index in [1.165, 1.54) is 11.3 Å². The number of rotatable bonds is 5. The molecule has 0 spiro atoms. The van der Waals surface area contributed by atoms with Crippen molar-refractivity contribution in [2.75, 3.05) is 18.0 Å². The molecule has 1 aromatic carbocycles. The maximum absolute atomic E-state index is 12.1. The third-order valence-corrected chi connectivity index (χ3v) is 4.41. The highest BCUT2D eigenvalue weighted by Gasteiger charge is 2.18. The fourth-order valence-corrected chi connectivity index (χ4v) is 3.05. The number of hydrogen-bond acceptors (Lipinski definition) is 3. The van der Waals surface area contributed by atoms with Crippen molar-refractivity contribution in [3.8, 4) is 0 Å². The summed E-state index contributed by atoms with van der Waals surface area (Å²) in [6.45, 7) is 5.98. The Balaban J connectivity index is 1.70. The molecule has 4 heteroatoms. The highest BCUT2D eigenvalue weighted by atomic mass is 16.1. The quantitative estimate of drug-likeness (QED) is 0.906. The lowest BCUT2D eigenvalue weighted by molar-refractivity contribution is 0.0947. The van der Waals surface area contributed by atoms with Gasteiger partial charge in [-0.05, 0) is 48.9 Å². The lowest BCUT2D eigenvalue weighted by atomic mass is 10.0. The van der Waals surface area contributed by atoms with Gasteiger partial charge in [0.1, 0.15) is 5.69 Å². The van der Waals surface area contributed by atoms with E-state index in [1.54, 1.807) is 6.20 Å². The van der Waals surface area contributed by atoms with Gasteiger partial charge in [-0.1, -0.05) is 32.0 Å². The summed E-state index contributed by atoms with van der Waals surface area (Å²) >= 11 is 0. The van der Waals surface area contributed by atoms with E-state index >= 15 is 0 Å². The Bertz CT molecular complexity index is 694. The second-order valence-corrected chi connectivity index (χ2v) is 6.72. The van der Waals surface area contributed by atoms with Crippen LogP contribution in [0.5, 0.6) is 0 Å². The van der Waals surface area contributed by atoms with Crippen LogP contribution in [0.3, 0.4) is 0 Å². The molecule has 1 aliphatic heterocycles. The van der Waals surface area contributed by atoms with E-state index in [1.807, 2.05) is 12.1 Å². The molecule has 2 aromatic rings. The first-order valence-corrected chi connectivity index (χ1v) is 8.75. The Kier molecular flexibility index (Phi) is 5.14. The third-order valence-electron chi connectivity index (χ3n) is 4.41. The molecule has 0 saturated carbocycles. The van der Waals surface area contributed by atoms with Crippen molar-refractivity contribution in [1.29, 1.82) is 0 Å². The van der Waals surface area contributed by atoms with Crippen LogP contribution in [-0.2, 0) is 6.42 Å². The normalized spacial score (nSPS) is 13.7. The van der Waals surface area contributed by atoms with Gasteiger partial charge in [-0.2, -0.15) is 0 Å². The second kappa shape index (κ2) is 7.47. The van der Waals surface area contributed by atoms with Crippen molar-refractivity contribution in [2.45, 2.75) is 33.1 Å². The predicted molar refractivity (Wildman–Crippen MR) is 97.8 cm³/mol. The molecule has 0 bridgehead atoms. The zero-order valence-corrected chi connectivity index (χ0v) is 14.5. The van der Waals surface area contributed by atoms with Crippen LogP contribution in [0.15, 0.2) is 42.6 Å². The van der Waals surface area contributed by atoms with Crippen molar-refractivity contribution >= 4 is 17.3 Å². The molecule has 1 aliphatic rings. The molecule has 3 rings (SSSR count). The molecule has 0 unspecified atom stereocenters. The van der Waals surface area contributed by atoms with Crippen molar-refractivity contribution in [2.24, 2.45) is 5.92 Å². The van der Waals surface area contributed by atoms with E-state index in [0.29, 0.717) is 18.2 Å². The first-order chi connectivity index (χ1) is 11.6. The number of nitrogens with zero attached hydrogens (tertiary/aromatic N) is 2. The zero-order valence-electron chi connectivity index (χ0n) is 14.5. The lowest BCUT2D eigenvalue weighted by Gasteiger charge is -2.31. The molecular weight excluding hydrogens is 298 g/mol. The van der Waals surface area contributed by atoms with Gasteiger partial charge >= 0.3 is 0 Å². The number of carbonyl (C=O) groups is 1. The van der Waals surface area contributed by atoms with Gasteiger partial charge in [-0.3, -0.25) is 4.79 Å². The van der Waals surface area contributed by atoms with Gasteiger partial charge in [0.15, 0.2) is 0 Å². The van der Waals surface area contributed by atoms with Gasteiger partial charge in [-0.25, -0.2) is 4.98 Å². The van der Waals surface area contributed by atoms with Crippen molar-refractivity contribution in [1.82, 2.24) is 10.3 Å². The van der Waals surface area contributed by atoms with Gasteiger partial charge in [-0.15, -0.1) is 0 Å². The topological polar surface area (TPSA) is 45.2 Å². The molecular formula is C20H25N3O. The van der Waals surface area contributed by atoms with E-state index in [-0.39, 0.29) is 5.91 Å². The highest BCUT2D eigenvalue weighted by molar-refractivity contribution is 5.92. The number of hydrogen-bond donors (Lipinski definition) is 1. The fourth-order valence-electron chi connectivity index (χ4n) is 3.05. The van der Waals surface area contributed by atoms with E-state index in [2.05, 4.69) is 53.3 Å². The van der Waals surface area contributed by atoms with E-state index in [4.69, 9.17) is 0 Å². The summed E-state index contributed by atoms with van der Waals surface area (Å²) in [6, 6.07) is 12.3. The van der Waals surface area contributed by atoms with Gasteiger partial charge in [0.2, 0.25) is 0 Å². The number of carbonyl (C=O) groups excluding carboxylic acids is 1. The predicted octanol–water partition coefficient (Wildman–Crippen LogP) is 3.94. The van der Waals surface area contributed by atoms with Crippen LogP contribution in [0, 0.1) is 5.92 Å². The van der Waals surface area contributed by atoms with Gasteiger partial charge in [0.05, 0.1) is 11.9 Å². The van der Waals surface area contributed by atoms with Crippen molar-refractivity contribution in [3.05, 3.63) is 53.9 Å². The Morgan fingerprint density at radius 2 is 2.08 bits per heavy atom. The summed E-state index contributed by atoms with van der Waals surface area (Å²) in [5.74, 6) is 0.487. The van der Waals surface area contributed by atoms with Crippen LogP contribution < -0.4 is 10.2 Å². The van der Waals surface area contributed by atoms with E-state index in [0.717, 1.165) is 31.5 Å². The third kappa shape index (κ3) is 3.75. The Hall–Kier alpha value is -2.36. The molecule has 1 N–H and O–H groups in total.